The summed E-state index contributed by atoms with van der Waals surface area (Å²) in [5.74, 6) is -0.248. The highest BCUT2D eigenvalue weighted by Crippen LogP contribution is 2.35. The van der Waals surface area contributed by atoms with Gasteiger partial charge in [-0.2, -0.15) is 13.2 Å². The number of likely N-dealkylation sites (tertiary alicyclic amines) is 1. The van der Waals surface area contributed by atoms with Crippen LogP contribution in [0.5, 0.6) is 0 Å². The van der Waals surface area contributed by atoms with Crippen LogP contribution in [0.1, 0.15) is 43.2 Å². The molecule has 1 aliphatic rings. The number of hydrogen-bond acceptors (Lipinski definition) is 2. The van der Waals surface area contributed by atoms with Crippen molar-refractivity contribution in [1.82, 2.24) is 10.2 Å². The molecule has 0 spiro atoms. The summed E-state index contributed by atoms with van der Waals surface area (Å²) in [4.78, 5) is 25.5. The van der Waals surface area contributed by atoms with E-state index in [1.165, 1.54) is 18.2 Å². The minimum atomic E-state index is -4.55. The number of carbonyl (C=O) groups is 2. The number of benzene rings is 1. The van der Waals surface area contributed by atoms with Gasteiger partial charge in [-0.05, 0) is 43.0 Å². The van der Waals surface area contributed by atoms with Gasteiger partial charge in [-0.3, -0.25) is 9.59 Å². The molecule has 2 rings (SSSR count). The molecule has 2 amide bonds. The number of rotatable bonds is 6. The van der Waals surface area contributed by atoms with E-state index in [-0.39, 0.29) is 16.5 Å². The lowest BCUT2D eigenvalue weighted by Crippen LogP contribution is -2.33. The monoisotopic (exact) mass is 402 g/mol. The number of carbonyl (C=O) groups excluding carboxylic acids is 2. The van der Waals surface area contributed by atoms with Crippen LogP contribution in [-0.4, -0.2) is 36.3 Å². The highest BCUT2D eigenvalue weighted by atomic mass is 35.5. The van der Waals surface area contributed by atoms with Crippen LogP contribution in [0.25, 0.3) is 6.08 Å². The van der Waals surface area contributed by atoms with Crippen molar-refractivity contribution < 1.29 is 22.8 Å². The minimum absolute atomic E-state index is 0.155. The van der Waals surface area contributed by atoms with E-state index in [9.17, 15) is 22.8 Å². The van der Waals surface area contributed by atoms with Crippen LogP contribution in [0, 0.1) is 0 Å². The zero-order valence-corrected chi connectivity index (χ0v) is 15.6. The maximum absolute atomic E-state index is 12.8. The standard InChI is InChI=1S/C19H22ClF3N2O2/c20-16-8-6-14(13-15(16)19(21,22)23)7-9-17(26)24-10-4-12-25-11-3-1-2-5-18(25)27/h6-9,13H,1-5,10-12H2,(H,24,26)/b9-7+. The molecule has 0 saturated carbocycles. The van der Waals surface area contributed by atoms with Gasteiger partial charge in [-0.15, -0.1) is 0 Å². The number of halogens is 4. The molecule has 0 radical (unpaired) electrons. The van der Waals surface area contributed by atoms with Crippen molar-refractivity contribution in [1.29, 1.82) is 0 Å². The summed E-state index contributed by atoms with van der Waals surface area (Å²) in [6.07, 6.45) is 2.14. The summed E-state index contributed by atoms with van der Waals surface area (Å²) in [5, 5.41) is 2.28. The van der Waals surface area contributed by atoms with Crippen LogP contribution < -0.4 is 5.32 Å². The van der Waals surface area contributed by atoms with E-state index in [1.54, 1.807) is 0 Å². The van der Waals surface area contributed by atoms with E-state index in [4.69, 9.17) is 11.6 Å². The van der Waals surface area contributed by atoms with Crippen LogP contribution >= 0.6 is 11.6 Å². The summed E-state index contributed by atoms with van der Waals surface area (Å²) in [6, 6.07) is 3.46. The van der Waals surface area contributed by atoms with Gasteiger partial charge in [0.2, 0.25) is 11.8 Å². The molecular formula is C19H22ClF3N2O2. The predicted octanol–water partition coefficient (Wildman–Crippen LogP) is 4.28. The van der Waals surface area contributed by atoms with Gasteiger partial charge in [-0.25, -0.2) is 0 Å². The highest BCUT2D eigenvalue weighted by Gasteiger charge is 2.33. The van der Waals surface area contributed by atoms with E-state index in [1.807, 2.05) is 4.90 Å². The van der Waals surface area contributed by atoms with Gasteiger partial charge in [0.05, 0.1) is 10.6 Å². The van der Waals surface area contributed by atoms with Crippen LogP contribution in [0.15, 0.2) is 24.3 Å². The number of nitrogens with one attached hydrogen (secondary N) is 1. The molecule has 1 aromatic carbocycles. The van der Waals surface area contributed by atoms with Crippen LogP contribution in [0.4, 0.5) is 13.2 Å². The zero-order valence-electron chi connectivity index (χ0n) is 14.8. The second kappa shape index (κ2) is 9.78. The molecular weight excluding hydrogens is 381 g/mol. The van der Waals surface area contributed by atoms with E-state index < -0.39 is 17.6 Å². The maximum atomic E-state index is 12.8. The molecule has 1 aliphatic heterocycles. The fraction of sp³-hybridized carbons (Fsp3) is 0.474. The van der Waals surface area contributed by atoms with Crippen molar-refractivity contribution in [3.05, 3.63) is 40.4 Å². The Labute approximate surface area is 161 Å². The van der Waals surface area contributed by atoms with E-state index in [0.717, 1.165) is 37.9 Å². The molecule has 1 saturated heterocycles. The third-order valence-electron chi connectivity index (χ3n) is 4.30. The van der Waals surface area contributed by atoms with Crippen molar-refractivity contribution in [3.63, 3.8) is 0 Å². The lowest BCUT2D eigenvalue weighted by molar-refractivity contribution is -0.137. The molecule has 1 heterocycles. The van der Waals surface area contributed by atoms with E-state index in [2.05, 4.69) is 5.32 Å². The number of amides is 2. The van der Waals surface area contributed by atoms with Gasteiger partial charge in [0, 0.05) is 32.1 Å². The fourth-order valence-corrected chi connectivity index (χ4v) is 3.08. The summed E-state index contributed by atoms with van der Waals surface area (Å²) < 4.78 is 38.5. The Hall–Kier alpha value is -2.02. The largest absolute Gasteiger partial charge is 0.417 e. The lowest BCUT2D eigenvalue weighted by Gasteiger charge is -2.20. The molecule has 0 aromatic heterocycles. The Morgan fingerprint density at radius 1 is 1.26 bits per heavy atom. The van der Waals surface area contributed by atoms with Crippen LogP contribution in [0.2, 0.25) is 5.02 Å². The molecule has 0 aliphatic carbocycles. The quantitative estimate of drug-likeness (QED) is 0.570. The summed E-state index contributed by atoms with van der Waals surface area (Å²) in [7, 11) is 0. The molecule has 1 N–H and O–H groups in total. The summed E-state index contributed by atoms with van der Waals surface area (Å²) >= 11 is 5.56. The Balaban J connectivity index is 1.79. The van der Waals surface area contributed by atoms with Crippen molar-refractivity contribution >= 4 is 29.5 Å². The third-order valence-corrected chi connectivity index (χ3v) is 4.63. The first kappa shape index (κ1) is 21.3. The fourth-order valence-electron chi connectivity index (χ4n) is 2.85. The number of nitrogens with zero attached hydrogens (tertiary/aromatic N) is 1. The van der Waals surface area contributed by atoms with Gasteiger partial charge < -0.3 is 10.2 Å². The van der Waals surface area contributed by atoms with E-state index >= 15 is 0 Å². The average molecular weight is 403 g/mol. The molecule has 148 valence electrons. The first-order chi connectivity index (χ1) is 12.8. The topological polar surface area (TPSA) is 49.4 Å². The van der Waals surface area contributed by atoms with Gasteiger partial charge in [-0.1, -0.05) is 24.1 Å². The molecule has 0 unspecified atom stereocenters. The Kier molecular flexibility index (Phi) is 7.71. The normalized spacial score (nSPS) is 15.9. The average Bonchev–Trinajstić information content (AvgIpc) is 2.81. The third kappa shape index (κ3) is 6.90. The van der Waals surface area contributed by atoms with Crippen LogP contribution in [-0.2, 0) is 15.8 Å². The van der Waals surface area contributed by atoms with Crippen molar-refractivity contribution in [2.45, 2.75) is 38.3 Å². The predicted molar refractivity (Wildman–Crippen MR) is 98.2 cm³/mol. The van der Waals surface area contributed by atoms with Crippen LogP contribution in [0.3, 0.4) is 0 Å². The number of alkyl halides is 3. The Morgan fingerprint density at radius 3 is 2.78 bits per heavy atom. The van der Waals surface area contributed by atoms with Gasteiger partial charge in [0.25, 0.3) is 0 Å². The van der Waals surface area contributed by atoms with Gasteiger partial charge >= 0.3 is 6.18 Å². The van der Waals surface area contributed by atoms with Crippen molar-refractivity contribution in [2.24, 2.45) is 0 Å². The van der Waals surface area contributed by atoms with Crippen molar-refractivity contribution in [3.8, 4) is 0 Å². The van der Waals surface area contributed by atoms with Gasteiger partial charge in [0.15, 0.2) is 0 Å². The molecule has 0 atom stereocenters. The minimum Gasteiger partial charge on any atom is -0.352 e. The maximum Gasteiger partial charge on any atom is 0.417 e. The van der Waals surface area contributed by atoms with E-state index in [0.29, 0.717) is 25.9 Å². The number of hydrogen-bond donors (Lipinski definition) is 1. The smallest absolute Gasteiger partial charge is 0.352 e. The summed E-state index contributed by atoms with van der Waals surface area (Å²) in [5.41, 5.74) is -0.703. The lowest BCUT2D eigenvalue weighted by atomic mass is 10.1. The zero-order chi connectivity index (χ0) is 19.9. The molecule has 27 heavy (non-hydrogen) atoms. The summed E-state index contributed by atoms with van der Waals surface area (Å²) in [6.45, 7) is 1.74. The van der Waals surface area contributed by atoms with Crippen molar-refractivity contribution in [2.75, 3.05) is 19.6 Å². The Bertz CT molecular complexity index is 705. The second-order valence-corrected chi connectivity index (χ2v) is 6.81. The first-order valence-corrected chi connectivity index (χ1v) is 9.25. The second-order valence-electron chi connectivity index (χ2n) is 6.41. The van der Waals surface area contributed by atoms with Gasteiger partial charge in [0.1, 0.15) is 0 Å². The molecule has 1 aromatic rings. The molecule has 0 bridgehead atoms. The molecule has 1 fully saturated rings. The molecule has 8 heteroatoms. The Morgan fingerprint density at radius 2 is 2.04 bits per heavy atom. The SMILES string of the molecule is O=C(/C=C/c1ccc(Cl)c(C(F)(F)F)c1)NCCCN1CCCCCC1=O. The first-order valence-electron chi connectivity index (χ1n) is 8.88. The molecule has 4 nitrogen and oxygen atoms in total. The highest BCUT2D eigenvalue weighted by molar-refractivity contribution is 6.31.